The van der Waals surface area contributed by atoms with Gasteiger partial charge in [0.05, 0.1) is 11.1 Å². The zero-order valence-corrected chi connectivity index (χ0v) is 17.3. The monoisotopic (exact) mass is 440 g/mol. The molecule has 7 nitrogen and oxygen atoms in total. The van der Waals surface area contributed by atoms with Crippen molar-refractivity contribution in [3.63, 3.8) is 0 Å². The molecule has 164 valence electrons. The van der Waals surface area contributed by atoms with E-state index in [4.69, 9.17) is 26.2 Å². The fourth-order valence-corrected chi connectivity index (χ4v) is 5.02. The summed E-state index contributed by atoms with van der Waals surface area (Å²) in [6, 6.07) is 4.73. The number of fused-ring (bicyclic) bond motifs is 1. The van der Waals surface area contributed by atoms with Crippen molar-refractivity contribution in [3.8, 4) is 5.75 Å². The summed E-state index contributed by atoms with van der Waals surface area (Å²) in [6.07, 6.45) is 3.76. The Hall–Kier alpha value is -1.90. The number of ether oxygens (including phenoxy) is 2. The van der Waals surface area contributed by atoms with Crippen molar-refractivity contribution in [1.82, 2.24) is 10.2 Å². The number of likely N-dealkylation sites (tertiary alicyclic amines) is 1. The number of nitrogens with zero attached hydrogens (tertiary/aromatic N) is 1. The van der Waals surface area contributed by atoms with Gasteiger partial charge >= 0.3 is 5.97 Å². The van der Waals surface area contributed by atoms with Crippen LogP contribution in [0, 0.1) is 17.7 Å². The SMILES string of the molecule is O=C(O)COC1CC(N2C[C@H]3CC(NC(=O)COc4ccc(Cl)c(F)c4)C[C@H]3C2)C1. The quantitative estimate of drug-likeness (QED) is 0.645. The van der Waals surface area contributed by atoms with Crippen LogP contribution in [0.3, 0.4) is 0 Å². The molecule has 3 aliphatic rings. The van der Waals surface area contributed by atoms with Crippen LogP contribution in [0.5, 0.6) is 5.75 Å². The second-order valence-electron chi connectivity index (χ2n) is 8.53. The van der Waals surface area contributed by atoms with Crippen molar-refractivity contribution < 1.29 is 28.6 Å². The summed E-state index contributed by atoms with van der Waals surface area (Å²) in [5.41, 5.74) is 0. The molecule has 1 saturated heterocycles. The lowest BCUT2D eigenvalue weighted by Crippen LogP contribution is -2.48. The van der Waals surface area contributed by atoms with E-state index >= 15 is 0 Å². The Kier molecular flexibility index (Phi) is 6.46. The molecule has 4 rings (SSSR count). The van der Waals surface area contributed by atoms with E-state index in [0.29, 0.717) is 17.9 Å². The van der Waals surface area contributed by atoms with Crippen LogP contribution in [-0.4, -0.2) is 66.4 Å². The topological polar surface area (TPSA) is 88.1 Å². The number of halogens is 2. The third-order valence-corrected chi connectivity index (χ3v) is 6.74. The Balaban J connectivity index is 1.15. The molecule has 3 atom stereocenters. The van der Waals surface area contributed by atoms with Crippen molar-refractivity contribution in [1.29, 1.82) is 0 Å². The van der Waals surface area contributed by atoms with Crippen LogP contribution in [0.4, 0.5) is 4.39 Å². The highest BCUT2D eigenvalue weighted by Crippen LogP contribution is 2.41. The number of carboxylic acid groups (broad SMARTS) is 1. The number of carboxylic acids is 1. The third kappa shape index (κ3) is 5.04. The van der Waals surface area contributed by atoms with Gasteiger partial charge in [-0.15, -0.1) is 0 Å². The highest BCUT2D eigenvalue weighted by Gasteiger charge is 2.45. The van der Waals surface area contributed by atoms with Crippen LogP contribution in [0.25, 0.3) is 0 Å². The van der Waals surface area contributed by atoms with Gasteiger partial charge in [-0.1, -0.05) is 11.6 Å². The average Bonchev–Trinajstić information content (AvgIpc) is 3.19. The molecule has 1 aromatic carbocycles. The summed E-state index contributed by atoms with van der Waals surface area (Å²) in [6.45, 7) is 1.67. The fourth-order valence-electron chi connectivity index (χ4n) is 4.90. The van der Waals surface area contributed by atoms with Crippen LogP contribution in [-0.2, 0) is 14.3 Å². The molecule has 9 heteroatoms. The molecule has 0 radical (unpaired) electrons. The summed E-state index contributed by atoms with van der Waals surface area (Å²) in [5, 5.41) is 11.7. The molecule has 0 aromatic heterocycles. The lowest BCUT2D eigenvalue weighted by molar-refractivity contribution is -0.148. The van der Waals surface area contributed by atoms with Gasteiger partial charge in [0.2, 0.25) is 0 Å². The van der Waals surface area contributed by atoms with Crippen LogP contribution in [0.2, 0.25) is 5.02 Å². The van der Waals surface area contributed by atoms with Gasteiger partial charge in [-0.05, 0) is 49.7 Å². The molecule has 1 heterocycles. The zero-order valence-electron chi connectivity index (χ0n) is 16.6. The molecule has 2 aliphatic carbocycles. The highest BCUT2D eigenvalue weighted by molar-refractivity contribution is 6.30. The van der Waals surface area contributed by atoms with Crippen molar-refractivity contribution in [2.75, 3.05) is 26.3 Å². The Bertz CT molecular complexity index is 790. The molecule has 0 bridgehead atoms. The predicted molar refractivity (Wildman–Crippen MR) is 107 cm³/mol. The summed E-state index contributed by atoms with van der Waals surface area (Å²) < 4.78 is 24.1. The van der Waals surface area contributed by atoms with Crippen molar-refractivity contribution in [2.24, 2.45) is 11.8 Å². The molecule has 1 aliphatic heterocycles. The minimum absolute atomic E-state index is 0.0172. The Morgan fingerprint density at radius 3 is 2.50 bits per heavy atom. The molecule has 3 fully saturated rings. The van der Waals surface area contributed by atoms with Crippen LogP contribution >= 0.6 is 11.6 Å². The largest absolute Gasteiger partial charge is 0.484 e. The van der Waals surface area contributed by atoms with Crippen molar-refractivity contribution >= 4 is 23.5 Å². The molecular weight excluding hydrogens is 415 g/mol. The molecule has 1 amide bonds. The molecular formula is C21H26ClFN2O5. The van der Waals surface area contributed by atoms with E-state index in [-0.39, 0.29) is 42.0 Å². The van der Waals surface area contributed by atoms with Crippen molar-refractivity contribution in [2.45, 2.75) is 43.9 Å². The lowest BCUT2D eigenvalue weighted by atomic mass is 9.88. The summed E-state index contributed by atoms with van der Waals surface area (Å²) >= 11 is 5.64. The first-order valence-electron chi connectivity index (χ1n) is 10.3. The van der Waals surface area contributed by atoms with E-state index in [1.807, 2.05) is 0 Å². The number of nitrogens with one attached hydrogen (secondary N) is 1. The maximum Gasteiger partial charge on any atom is 0.329 e. The van der Waals surface area contributed by atoms with E-state index in [2.05, 4.69) is 10.2 Å². The number of benzene rings is 1. The zero-order chi connectivity index (χ0) is 21.3. The lowest BCUT2D eigenvalue weighted by Gasteiger charge is -2.41. The number of carbonyl (C=O) groups is 2. The predicted octanol–water partition coefficient (Wildman–Crippen LogP) is 2.32. The summed E-state index contributed by atoms with van der Waals surface area (Å²) in [7, 11) is 0. The normalized spacial score (nSPS) is 30.5. The number of carbonyl (C=O) groups excluding carboxylic acids is 1. The number of hydrogen-bond acceptors (Lipinski definition) is 5. The molecule has 0 spiro atoms. The van der Waals surface area contributed by atoms with E-state index in [0.717, 1.165) is 38.8 Å². The highest BCUT2D eigenvalue weighted by atomic mass is 35.5. The minimum Gasteiger partial charge on any atom is -0.484 e. The van der Waals surface area contributed by atoms with E-state index in [1.165, 1.54) is 18.2 Å². The van der Waals surface area contributed by atoms with E-state index in [1.54, 1.807) is 0 Å². The van der Waals surface area contributed by atoms with Crippen molar-refractivity contribution in [3.05, 3.63) is 29.0 Å². The van der Waals surface area contributed by atoms with Gasteiger partial charge in [0.25, 0.3) is 5.91 Å². The second-order valence-corrected chi connectivity index (χ2v) is 8.93. The van der Waals surface area contributed by atoms with Crippen LogP contribution in [0.1, 0.15) is 25.7 Å². The van der Waals surface area contributed by atoms with Crippen LogP contribution < -0.4 is 10.1 Å². The molecule has 1 aromatic rings. The first kappa shape index (κ1) is 21.3. The second kappa shape index (κ2) is 9.08. The van der Waals surface area contributed by atoms with Gasteiger partial charge < -0.3 is 19.9 Å². The average molecular weight is 441 g/mol. The van der Waals surface area contributed by atoms with Gasteiger partial charge in [0, 0.05) is 31.2 Å². The smallest absolute Gasteiger partial charge is 0.329 e. The first-order chi connectivity index (χ1) is 14.4. The standard InChI is InChI=1S/C21H26ClFN2O5/c22-18-2-1-16(7-19(18)23)29-10-20(26)24-14-3-12-8-25(9-13(12)4-14)15-5-17(6-15)30-11-21(27)28/h1-2,7,12-15,17H,3-6,8-11H2,(H,24,26)(H,27,28)/t12-,13+,14?,15?,17?. The third-order valence-electron chi connectivity index (χ3n) is 6.43. The minimum atomic E-state index is -0.923. The van der Waals surface area contributed by atoms with Crippen LogP contribution in [0.15, 0.2) is 18.2 Å². The summed E-state index contributed by atoms with van der Waals surface area (Å²) in [5.74, 6) is -0.287. The van der Waals surface area contributed by atoms with Gasteiger partial charge in [-0.25, -0.2) is 9.18 Å². The molecule has 2 N–H and O–H groups in total. The Morgan fingerprint density at radius 2 is 1.87 bits per heavy atom. The maximum atomic E-state index is 13.4. The maximum absolute atomic E-state index is 13.4. The Labute approximate surface area is 179 Å². The number of hydrogen-bond donors (Lipinski definition) is 2. The van der Waals surface area contributed by atoms with Gasteiger partial charge in [0.1, 0.15) is 18.2 Å². The Morgan fingerprint density at radius 1 is 1.17 bits per heavy atom. The van der Waals surface area contributed by atoms with Gasteiger partial charge in [-0.3, -0.25) is 9.69 Å². The number of aliphatic carboxylic acids is 1. The van der Waals surface area contributed by atoms with Gasteiger partial charge in [-0.2, -0.15) is 0 Å². The first-order valence-corrected chi connectivity index (χ1v) is 10.7. The van der Waals surface area contributed by atoms with E-state index < -0.39 is 11.8 Å². The number of amides is 1. The fraction of sp³-hybridized carbons (Fsp3) is 0.619. The molecule has 2 saturated carbocycles. The number of rotatable bonds is 8. The summed E-state index contributed by atoms with van der Waals surface area (Å²) in [4.78, 5) is 25.3. The molecule has 30 heavy (non-hydrogen) atoms. The molecule has 1 unspecified atom stereocenters. The van der Waals surface area contributed by atoms with Gasteiger partial charge in [0.15, 0.2) is 6.61 Å². The van der Waals surface area contributed by atoms with E-state index in [9.17, 15) is 14.0 Å².